The van der Waals surface area contributed by atoms with Gasteiger partial charge in [-0.3, -0.25) is 14.1 Å². The maximum atomic E-state index is 13.4. The minimum atomic E-state index is 0.0900. The first kappa shape index (κ1) is 22.3. The van der Waals surface area contributed by atoms with Gasteiger partial charge in [0.1, 0.15) is 0 Å². The van der Waals surface area contributed by atoms with Crippen molar-refractivity contribution >= 4 is 0 Å². The molecule has 0 bridgehead atoms. The van der Waals surface area contributed by atoms with Crippen molar-refractivity contribution in [3.63, 3.8) is 0 Å². The van der Waals surface area contributed by atoms with Gasteiger partial charge in [0.25, 0.3) is 0 Å². The normalized spacial score (nSPS) is 19.4. The van der Waals surface area contributed by atoms with Gasteiger partial charge in [0.2, 0.25) is 5.82 Å². The molecule has 4 aromatic rings. The predicted molar refractivity (Wildman–Crippen MR) is 131 cm³/mol. The fourth-order valence-corrected chi connectivity index (χ4v) is 5.13. The zero-order chi connectivity index (χ0) is 23.7. The summed E-state index contributed by atoms with van der Waals surface area (Å²) in [5.74, 6) is 1.71. The molecule has 1 N–H and O–H groups in total. The fourth-order valence-electron chi connectivity index (χ4n) is 5.13. The number of pyridine rings is 1. The average molecular weight is 458 g/mol. The summed E-state index contributed by atoms with van der Waals surface area (Å²) in [6.07, 6.45) is 8.15. The third-order valence-electron chi connectivity index (χ3n) is 7.15. The van der Waals surface area contributed by atoms with Crippen LogP contribution < -0.4 is 5.69 Å². The molecule has 8 nitrogen and oxygen atoms in total. The van der Waals surface area contributed by atoms with Crippen LogP contribution in [0.3, 0.4) is 0 Å². The molecule has 3 aromatic heterocycles. The Kier molecular flexibility index (Phi) is 6.13. The number of tetrazole rings is 1. The molecule has 176 valence electrons. The lowest BCUT2D eigenvalue weighted by Gasteiger charge is -2.09. The molecule has 1 saturated carbocycles. The van der Waals surface area contributed by atoms with Crippen molar-refractivity contribution in [3.05, 3.63) is 70.7 Å². The summed E-state index contributed by atoms with van der Waals surface area (Å²) in [5, 5.41) is 14.4. The Hall–Kier alpha value is -3.55. The van der Waals surface area contributed by atoms with E-state index in [2.05, 4.69) is 47.6 Å². The van der Waals surface area contributed by atoms with Crippen LogP contribution in [0.1, 0.15) is 57.5 Å². The third-order valence-corrected chi connectivity index (χ3v) is 7.15. The summed E-state index contributed by atoms with van der Waals surface area (Å²) in [5.41, 5.74) is 4.92. The van der Waals surface area contributed by atoms with Crippen LogP contribution in [0.4, 0.5) is 0 Å². The molecular weight excluding hydrogens is 426 g/mol. The number of aromatic amines is 1. The molecule has 0 aliphatic heterocycles. The number of nitrogens with zero attached hydrogens (tertiary/aromatic N) is 6. The lowest BCUT2D eigenvalue weighted by Crippen LogP contribution is -2.26. The molecule has 5 rings (SSSR count). The number of nitrogens with one attached hydrogen (secondary N) is 1. The van der Waals surface area contributed by atoms with Crippen molar-refractivity contribution in [1.82, 2.24) is 34.7 Å². The Labute approximate surface area is 199 Å². The van der Waals surface area contributed by atoms with Gasteiger partial charge in [-0.2, -0.15) is 5.21 Å². The van der Waals surface area contributed by atoms with E-state index in [0.717, 1.165) is 53.8 Å². The molecule has 3 heterocycles. The van der Waals surface area contributed by atoms with E-state index in [1.807, 2.05) is 51.7 Å². The van der Waals surface area contributed by atoms with Gasteiger partial charge in [0.15, 0.2) is 0 Å². The first-order valence-corrected chi connectivity index (χ1v) is 12.2. The van der Waals surface area contributed by atoms with Gasteiger partial charge in [-0.05, 0) is 41.5 Å². The summed E-state index contributed by atoms with van der Waals surface area (Å²) in [7, 11) is 0. The van der Waals surface area contributed by atoms with Crippen molar-refractivity contribution in [3.8, 4) is 22.5 Å². The van der Waals surface area contributed by atoms with Crippen LogP contribution in [0.15, 0.2) is 53.6 Å². The van der Waals surface area contributed by atoms with E-state index in [0.29, 0.717) is 30.2 Å². The molecule has 1 aliphatic rings. The number of aromatic nitrogens is 7. The molecule has 1 aromatic carbocycles. The number of aryl methyl sites for hydroxylation is 1. The van der Waals surface area contributed by atoms with Gasteiger partial charge in [0.05, 0.1) is 12.2 Å². The maximum Gasteiger partial charge on any atom is 0.328 e. The summed E-state index contributed by atoms with van der Waals surface area (Å²) in [4.78, 5) is 18.1. The number of hydrogen-bond donors (Lipinski definition) is 1. The maximum absolute atomic E-state index is 13.4. The Morgan fingerprint density at radius 1 is 1.09 bits per heavy atom. The first-order valence-electron chi connectivity index (χ1n) is 12.2. The highest BCUT2D eigenvalue weighted by atomic mass is 16.1. The molecule has 1 aliphatic carbocycles. The number of imidazole rings is 1. The lowest BCUT2D eigenvalue weighted by atomic mass is 10.0. The van der Waals surface area contributed by atoms with Crippen molar-refractivity contribution in [2.75, 3.05) is 0 Å². The Balaban J connectivity index is 1.43. The van der Waals surface area contributed by atoms with Crippen LogP contribution in [0, 0.1) is 11.8 Å². The molecule has 3 unspecified atom stereocenters. The van der Waals surface area contributed by atoms with Crippen molar-refractivity contribution < 1.29 is 0 Å². The van der Waals surface area contributed by atoms with Gasteiger partial charge < -0.3 is 0 Å². The minimum absolute atomic E-state index is 0.0900. The average Bonchev–Trinajstić information content (AvgIpc) is 3.18. The number of hydrogen-bond acceptors (Lipinski definition) is 5. The second-order valence-corrected chi connectivity index (χ2v) is 9.24. The minimum Gasteiger partial charge on any atom is -0.295 e. The van der Waals surface area contributed by atoms with Gasteiger partial charge in [-0.15, -0.1) is 10.2 Å². The number of rotatable bonds is 9. The van der Waals surface area contributed by atoms with E-state index >= 15 is 0 Å². The molecule has 0 spiro atoms. The van der Waals surface area contributed by atoms with E-state index < -0.39 is 0 Å². The molecule has 0 amide bonds. The van der Waals surface area contributed by atoms with Crippen LogP contribution in [-0.2, 0) is 13.0 Å². The van der Waals surface area contributed by atoms with Gasteiger partial charge in [-0.1, -0.05) is 63.9 Å². The molecule has 1 fully saturated rings. The third kappa shape index (κ3) is 4.08. The zero-order valence-corrected chi connectivity index (χ0v) is 20.0. The summed E-state index contributed by atoms with van der Waals surface area (Å²) in [6, 6.07) is 12.3. The topological polar surface area (TPSA) is 94.3 Å². The molecule has 3 atom stereocenters. The SMILES string of the molecule is CCCCc1cn(C2C(C)C2CC)c(=O)n1Cc1ccc(-c2ccccc2-c2nn[nH]n2)cn1. The van der Waals surface area contributed by atoms with Gasteiger partial charge >= 0.3 is 5.69 Å². The summed E-state index contributed by atoms with van der Waals surface area (Å²) >= 11 is 0. The fraction of sp³-hybridized carbons (Fsp3) is 0.423. The van der Waals surface area contributed by atoms with Crippen LogP contribution >= 0.6 is 0 Å². The van der Waals surface area contributed by atoms with Gasteiger partial charge in [0, 0.05) is 35.3 Å². The highest BCUT2D eigenvalue weighted by Gasteiger charge is 2.47. The second kappa shape index (κ2) is 9.37. The molecule has 0 saturated heterocycles. The monoisotopic (exact) mass is 457 g/mol. The van der Waals surface area contributed by atoms with Crippen LogP contribution in [0.25, 0.3) is 22.5 Å². The van der Waals surface area contributed by atoms with E-state index in [4.69, 9.17) is 4.98 Å². The Morgan fingerprint density at radius 3 is 2.56 bits per heavy atom. The van der Waals surface area contributed by atoms with E-state index in [1.54, 1.807) is 0 Å². The lowest BCUT2D eigenvalue weighted by molar-refractivity contribution is 0.592. The van der Waals surface area contributed by atoms with E-state index in [-0.39, 0.29) is 5.69 Å². The number of benzene rings is 1. The van der Waals surface area contributed by atoms with Crippen LogP contribution in [0.5, 0.6) is 0 Å². The molecule has 34 heavy (non-hydrogen) atoms. The smallest absolute Gasteiger partial charge is 0.295 e. The van der Waals surface area contributed by atoms with E-state index in [9.17, 15) is 4.79 Å². The number of H-pyrrole nitrogens is 1. The molecule has 0 radical (unpaired) electrons. The van der Waals surface area contributed by atoms with Crippen LogP contribution in [0.2, 0.25) is 0 Å². The summed E-state index contributed by atoms with van der Waals surface area (Å²) < 4.78 is 3.90. The van der Waals surface area contributed by atoms with E-state index in [1.165, 1.54) is 0 Å². The number of unbranched alkanes of at least 4 members (excludes halogenated alkanes) is 1. The zero-order valence-electron chi connectivity index (χ0n) is 20.0. The summed E-state index contributed by atoms with van der Waals surface area (Å²) in [6.45, 7) is 7.13. The van der Waals surface area contributed by atoms with Crippen molar-refractivity contribution in [1.29, 1.82) is 0 Å². The Morgan fingerprint density at radius 2 is 1.91 bits per heavy atom. The molecular formula is C26H31N7O. The Bertz CT molecular complexity index is 1300. The highest BCUT2D eigenvalue weighted by molar-refractivity contribution is 5.79. The second-order valence-electron chi connectivity index (χ2n) is 9.24. The largest absolute Gasteiger partial charge is 0.328 e. The highest BCUT2D eigenvalue weighted by Crippen LogP contribution is 2.51. The van der Waals surface area contributed by atoms with Crippen LogP contribution in [-0.4, -0.2) is 34.7 Å². The first-order chi connectivity index (χ1) is 16.6. The predicted octanol–water partition coefficient (Wildman–Crippen LogP) is 4.50. The van der Waals surface area contributed by atoms with Crippen molar-refractivity contribution in [2.24, 2.45) is 11.8 Å². The quantitative estimate of drug-likeness (QED) is 0.399. The van der Waals surface area contributed by atoms with Crippen molar-refractivity contribution in [2.45, 2.75) is 59.0 Å². The molecule has 8 heteroatoms. The standard InChI is InChI=1S/C26H31N7O/c1-4-6-9-20-16-33(24-17(3)21(24)5-2)26(34)32(20)15-19-13-12-18(14-27-19)22-10-7-8-11-23(22)25-28-30-31-29-25/h7-8,10-14,16-17,21,24H,4-6,9,15H2,1-3H3,(H,28,29,30,31). The van der Waals surface area contributed by atoms with Gasteiger partial charge in [-0.25, -0.2) is 4.79 Å².